The third-order valence-corrected chi connectivity index (χ3v) is 4.55. The van der Waals surface area contributed by atoms with Gasteiger partial charge in [-0.25, -0.2) is 9.97 Å². The summed E-state index contributed by atoms with van der Waals surface area (Å²) in [5.74, 6) is 2.72. The summed E-state index contributed by atoms with van der Waals surface area (Å²) in [5.41, 5.74) is 2.19. The molecule has 0 bridgehead atoms. The van der Waals surface area contributed by atoms with Gasteiger partial charge in [0.25, 0.3) is 0 Å². The van der Waals surface area contributed by atoms with E-state index in [1.165, 1.54) is 5.56 Å². The normalized spacial score (nSPS) is 11.2. The molecule has 0 aliphatic heterocycles. The Labute approximate surface area is 128 Å². The predicted molar refractivity (Wildman–Crippen MR) is 84.6 cm³/mol. The van der Waals surface area contributed by atoms with Crippen molar-refractivity contribution in [2.45, 2.75) is 40.2 Å². The van der Waals surface area contributed by atoms with Crippen molar-refractivity contribution in [2.75, 3.05) is 0 Å². The van der Waals surface area contributed by atoms with E-state index in [2.05, 4.69) is 39.8 Å². The Hall–Kier alpha value is -1.88. The summed E-state index contributed by atoms with van der Waals surface area (Å²) in [7, 11) is 0. The Kier molecular flexibility index (Phi) is 3.92. The number of nitrogens with zero attached hydrogens (tertiary/aromatic N) is 3. The Bertz CT molecular complexity index is 738. The van der Waals surface area contributed by atoms with Crippen molar-refractivity contribution in [3.05, 3.63) is 46.7 Å². The predicted octanol–water partition coefficient (Wildman–Crippen LogP) is 4.22. The quantitative estimate of drug-likeness (QED) is 0.709. The van der Waals surface area contributed by atoms with Crippen LogP contribution in [0.5, 0.6) is 0 Å². The number of imidazole rings is 1. The molecular formula is C16H19N3OS. The van der Waals surface area contributed by atoms with Crippen molar-refractivity contribution < 1.29 is 4.42 Å². The van der Waals surface area contributed by atoms with Gasteiger partial charge < -0.3 is 8.98 Å². The van der Waals surface area contributed by atoms with Crippen LogP contribution in [0.4, 0.5) is 0 Å². The summed E-state index contributed by atoms with van der Waals surface area (Å²) in [6.07, 6.45) is 5.94. The smallest absolute Gasteiger partial charge is 0.237 e. The zero-order valence-corrected chi connectivity index (χ0v) is 13.4. The van der Waals surface area contributed by atoms with Crippen LogP contribution in [0.15, 0.2) is 28.3 Å². The molecule has 0 saturated carbocycles. The lowest BCUT2D eigenvalue weighted by Crippen LogP contribution is -2.05. The van der Waals surface area contributed by atoms with E-state index >= 15 is 0 Å². The highest BCUT2D eigenvalue weighted by atomic mass is 32.1. The summed E-state index contributed by atoms with van der Waals surface area (Å²) in [4.78, 5) is 10.2. The first-order valence-corrected chi connectivity index (χ1v) is 8.07. The van der Waals surface area contributed by atoms with Gasteiger partial charge in [-0.1, -0.05) is 6.92 Å². The number of hydrogen-bond acceptors (Lipinski definition) is 4. The molecule has 5 heteroatoms. The van der Waals surface area contributed by atoms with Gasteiger partial charge in [-0.2, -0.15) is 0 Å². The van der Waals surface area contributed by atoms with Gasteiger partial charge in [0.2, 0.25) is 5.89 Å². The molecule has 4 nitrogen and oxygen atoms in total. The van der Waals surface area contributed by atoms with Gasteiger partial charge in [0.05, 0.1) is 11.4 Å². The lowest BCUT2D eigenvalue weighted by Gasteiger charge is -2.04. The fourth-order valence-corrected chi connectivity index (χ4v) is 3.21. The first-order valence-electron chi connectivity index (χ1n) is 7.19. The topological polar surface area (TPSA) is 43.9 Å². The third kappa shape index (κ3) is 2.78. The summed E-state index contributed by atoms with van der Waals surface area (Å²) in [6, 6.07) is 2.09. The average molecular weight is 301 g/mol. The maximum atomic E-state index is 5.85. The summed E-state index contributed by atoms with van der Waals surface area (Å²) >= 11 is 1.67. The van der Waals surface area contributed by atoms with Gasteiger partial charge in [-0.3, -0.25) is 0 Å². The van der Waals surface area contributed by atoms with Crippen LogP contribution in [-0.4, -0.2) is 14.5 Å². The maximum Gasteiger partial charge on any atom is 0.237 e. The van der Waals surface area contributed by atoms with Crippen molar-refractivity contribution >= 4 is 11.3 Å². The Balaban J connectivity index is 1.88. The van der Waals surface area contributed by atoms with Crippen LogP contribution >= 0.6 is 11.3 Å². The van der Waals surface area contributed by atoms with Gasteiger partial charge >= 0.3 is 0 Å². The van der Waals surface area contributed by atoms with Gasteiger partial charge in [0.15, 0.2) is 0 Å². The molecule has 110 valence electrons. The second-order valence-corrected chi connectivity index (χ2v) is 6.09. The Morgan fingerprint density at radius 2 is 2.19 bits per heavy atom. The Morgan fingerprint density at radius 3 is 2.90 bits per heavy atom. The van der Waals surface area contributed by atoms with E-state index < -0.39 is 0 Å². The molecular weight excluding hydrogens is 282 g/mol. The van der Waals surface area contributed by atoms with Gasteiger partial charge in [0.1, 0.15) is 17.3 Å². The van der Waals surface area contributed by atoms with Crippen LogP contribution < -0.4 is 0 Å². The van der Waals surface area contributed by atoms with Crippen molar-refractivity contribution in [3.8, 4) is 10.8 Å². The number of oxazole rings is 1. The molecule has 0 spiro atoms. The average Bonchev–Trinajstić information content (AvgIpc) is 3.14. The molecule has 0 atom stereocenters. The van der Waals surface area contributed by atoms with Crippen molar-refractivity contribution in [1.82, 2.24) is 14.5 Å². The standard InChI is InChI=1S/C16H19N3OS/c1-4-5-14-17-7-8-19(14)10-13-12(3)20-16(18-13)15-11(2)6-9-21-15/h6-9H,4-5,10H2,1-3H3. The molecule has 0 unspecified atom stereocenters. The van der Waals surface area contributed by atoms with E-state index in [1.54, 1.807) is 11.3 Å². The monoisotopic (exact) mass is 301 g/mol. The highest BCUT2D eigenvalue weighted by molar-refractivity contribution is 7.13. The van der Waals surface area contributed by atoms with Crippen molar-refractivity contribution in [2.24, 2.45) is 0 Å². The molecule has 0 N–H and O–H groups in total. The minimum absolute atomic E-state index is 0.717. The zero-order valence-electron chi connectivity index (χ0n) is 12.6. The van der Waals surface area contributed by atoms with Gasteiger partial charge in [-0.15, -0.1) is 11.3 Å². The van der Waals surface area contributed by atoms with Gasteiger partial charge in [-0.05, 0) is 37.3 Å². The molecule has 0 aromatic carbocycles. The van der Waals surface area contributed by atoms with E-state index in [4.69, 9.17) is 4.42 Å². The minimum Gasteiger partial charge on any atom is -0.440 e. The van der Waals surface area contributed by atoms with Crippen molar-refractivity contribution in [3.63, 3.8) is 0 Å². The molecule has 21 heavy (non-hydrogen) atoms. The number of hydrogen-bond donors (Lipinski definition) is 0. The molecule has 0 aliphatic rings. The number of thiophene rings is 1. The summed E-state index contributed by atoms with van der Waals surface area (Å²) in [5, 5.41) is 2.07. The SMILES string of the molecule is CCCc1nccn1Cc1nc(-c2sccc2C)oc1C. The molecule has 3 aromatic heterocycles. The second kappa shape index (κ2) is 5.85. The molecule has 0 radical (unpaired) electrons. The molecule has 3 aromatic rings. The van der Waals surface area contributed by atoms with E-state index in [-0.39, 0.29) is 0 Å². The van der Waals surface area contributed by atoms with E-state index in [0.717, 1.165) is 47.4 Å². The van der Waals surface area contributed by atoms with Crippen LogP contribution in [0.1, 0.15) is 36.2 Å². The fraction of sp³-hybridized carbons (Fsp3) is 0.375. The molecule has 0 fully saturated rings. The zero-order chi connectivity index (χ0) is 14.8. The van der Waals surface area contributed by atoms with E-state index in [0.29, 0.717) is 0 Å². The van der Waals surface area contributed by atoms with Crippen molar-refractivity contribution in [1.29, 1.82) is 0 Å². The number of aromatic nitrogens is 3. The van der Waals surface area contributed by atoms with Gasteiger partial charge in [0, 0.05) is 18.8 Å². The summed E-state index contributed by atoms with van der Waals surface area (Å²) < 4.78 is 8.01. The summed E-state index contributed by atoms with van der Waals surface area (Å²) in [6.45, 7) is 6.94. The molecule has 0 amide bonds. The first kappa shape index (κ1) is 14.1. The molecule has 3 rings (SSSR count). The second-order valence-electron chi connectivity index (χ2n) is 5.18. The fourth-order valence-electron chi connectivity index (χ4n) is 2.36. The Morgan fingerprint density at radius 1 is 1.33 bits per heavy atom. The lowest BCUT2D eigenvalue weighted by atomic mass is 10.3. The molecule has 0 aliphatic carbocycles. The largest absolute Gasteiger partial charge is 0.440 e. The highest BCUT2D eigenvalue weighted by Crippen LogP contribution is 2.30. The minimum atomic E-state index is 0.717. The van der Waals surface area contributed by atoms with E-state index in [9.17, 15) is 0 Å². The third-order valence-electron chi connectivity index (χ3n) is 3.54. The molecule has 0 saturated heterocycles. The molecule has 3 heterocycles. The van der Waals surface area contributed by atoms with E-state index in [1.807, 2.05) is 19.3 Å². The highest BCUT2D eigenvalue weighted by Gasteiger charge is 2.15. The van der Waals surface area contributed by atoms with Crippen LogP contribution in [-0.2, 0) is 13.0 Å². The number of aryl methyl sites for hydroxylation is 3. The van der Waals surface area contributed by atoms with Crippen LogP contribution in [0.25, 0.3) is 10.8 Å². The van der Waals surface area contributed by atoms with Crippen LogP contribution in [0, 0.1) is 13.8 Å². The van der Waals surface area contributed by atoms with Crippen LogP contribution in [0.3, 0.4) is 0 Å². The first-order chi connectivity index (χ1) is 10.2. The number of rotatable bonds is 5. The van der Waals surface area contributed by atoms with Crippen LogP contribution in [0.2, 0.25) is 0 Å². The maximum absolute atomic E-state index is 5.85. The lowest BCUT2D eigenvalue weighted by molar-refractivity contribution is 0.538.